The quantitative estimate of drug-likeness (QED) is 0.745. The van der Waals surface area contributed by atoms with E-state index in [2.05, 4.69) is 15.6 Å². The molecular weight excluding hydrogens is 334 g/mol. The molecule has 0 aliphatic carbocycles. The van der Waals surface area contributed by atoms with E-state index in [-0.39, 0.29) is 11.8 Å². The van der Waals surface area contributed by atoms with Crippen molar-refractivity contribution in [1.82, 2.24) is 4.98 Å². The highest BCUT2D eigenvalue weighted by Gasteiger charge is 2.19. The smallest absolute Gasteiger partial charge is 0.257 e. The van der Waals surface area contributed by atoms with Gasteiger partial charge < -0.3 is 5.32 Å². The molecule has 4 rings (SSSR count). The Labute approximate surface area is 140 Å². The molecule has 1 aliphatic rings. The van der Waals surface area contributed by atoms with E-state index < -0.39 is 0 Å². The van der Waals surface area contributed by atoms with Crippen LogP contribution in [0.4, 0.5) is 10.8 Å². The summed E-state index contributed by atoms with van der Waals surface area (Å²) < 4.78 is 0.913. The number of amides is 2. The largest absolute Gasteiger partial charge is 0.326 e. The van der Waals surface area contributed by atoms with E-state index in [0.29, 0.717) is 22.1 Å². The number of halogens is 1. The van der Waals surface area contributed by atoms with Crippen LogP contribution in [0.2, 0.25) is 5.02 Å². The molecule has 7 heteroatoms. The van der Waals surface area contributed by atoms with Gasteiger partial charge in [-0.1, -0.05) is 22.9 Å². The van der Waals surface area contributed by atoms with Crippen molar-refractivity contribution in [2.75, 3.05) is 10.6 Å². The maximum absolute atomic E-state index is 12.4. The minimum absolute atomic E-state index is 0.0550. The molecule has 5 nitrogen and oxygen atoms in total. The lowest BCUT2D eigenvalue weighted by atomic mass is 10.1. The van der Waals surface area contributed by atoms with Crippen LogP contribution in [-0.2, 0) is 11.2 Å². The van der Waals surface area contributed by atoms with Crippen molar-refractivity contribution in [3.63, 3.8) is 0 Å². The average molecular weight is 344 g/mol. The molecule has 114 valence electrons. The number of aromatic nitrogens is 1. The first kappa shape index (κ1) is 14.2. The lowest BCUT2D eigenvalue weighted by Crippen LogP contribution is -2.11. The molecule has 0 bridgehead atoms. The summed E-state index contributed by atoms with van der Waals surface area (Å²) >= 11 is 7.32. The molecular formula is C16H10ClN3O2S. The SMILES string of the molecule is O=C1Cc2cc(C(=O)Nc3nc4ccc(Cl)cc4s3)ccc2N1. The Morgan fingerprint density at radius 1 is 1.26 bits per heavy atom. The first-order valence-corrected chi connectivity index (χ1v) is 8.08. The van der Waals surface area contributed by atoms with E-state index in [9.17, 15) is 9.59 Å². The minimum Gasteiger partial charge on any atom is -0.326 e. The fraction of sp³-hybridized carbons (Fsp3) is 0.0625. The highest BCUT2D eigenvalue weighted by molar-refractivity contribution is 7.22. The van der Waals surface area contributed by atoms with Crippen LogP contribution in [-0.4, -0.2) is 16.8 Å². The van der Waals surface area contributed by atoms with Crippen LogP contribution in [0.25, 0.3) is 10.2 Å². The maximum atomic E-state index is 12.4. The summed E-state index contributed by atoms with van der Waals surface area (Å²) in [6.45, 7) is 0. The van der Waals surface area contributed by atoms with Gasteiger partial charge in [0.15, 0.2) is 5.13 Å². The molecule has 0 spiro atoms. The number of hydrogen-bond donors (Lipinski definition) is 2. The Balaban J connectivity index is 1.59. The molecule has 0 saturated heterocycles. The summed E-state index contributed by atoms with van der Waals surface area (Å²) in [5.74, 6) is -0.307. The van der Waals surface area contributed by atoms with Crippen molar-refractivity contribution in [3.05, 3.63) is 52.5 Å². The molecule has 3 aromatic rings. The van der Waals surface area contributed by atoms with E-state index in [0.717, 1.165) is 21.5 Å². The standard InChI is InChI=1S/C16H10ClN3O2S/c17-10-2-4-12-13(7-10)23-16(19-12)20-15(22)8-1-3-11-9(5-8)6-14(21)18-11/h1-5,7H,6H2,(H,18,21)(H,19,20,22). The van der Waals surface area contributed by atoms with E-state index >= 15 is 0 Å². The topological polar surface area (TPSA) is 71.1 Å². The number of rotatable bonds is 2. The minimum atomic E-state index is -0.252. The van der Waals surface area contributed by atoms with Crippen molar-refractivity contribution in [2.24, 2.45) is 0 Å². The monoisotopic (exact) mass is 343 g/mol. The molecule has 0 atom stereocenters. The number of carbonyl (C=O) groups is 2. The Kier molecular flexibility index (Phi) is 3.28. The van der Waals surface area contributed by atoms with Gasteiger partial charge in [0.1, 0.15) is 0 Å². The highest BCUT2D eigenvalue weighted by Crippen LogP contribution is 2.29. The van der Waals surface area contributed by atoms with E-state index in [1.165, 1.54) is 11.3 Å². The van der Waals surface area contributed by atoms with Crippen LogP contribution >= 0.6 is 22.9 Å². The van der Waals surface area contributed by atoms with Crippen molar-refractivity contribution in [2.45, 2.75) is 6.42 Å². The number of benzene rings is 2. The third kappa shape index (κ3) is 2.67. The third-order valence-electron chi connectivity index (χ3n) is 3.56. The summed E-state index contributed by atoms with van der Waals surface area (Å²) in [6, 6.07) is 10.6. The molecule has 23 heavy (non-hydrogen) atoms. The normalized spacial score (nSPS) is 13.0. The number of nitrogens with one attached hydrogen (secondary N) is 2. The van der Waals surface area contributed by atoms with Crippen molar-refractivity contribution >= 4 is 55.8 Å². The van der Waals surface area contributed by atoms with Crippen molar-refractivity contribution in [3.8, 4) is 0 Å². The van der Waals surface area contributed by atoms with Gasteiger partial charge in [-0.25, -0.2) is 4.98 Å². The molecule has 2 aromatic carbocycles. The zero-order chi connectivity index (χ0) is 16.0. The van der Waals surface area contributed by atoms with Crippen molar-refractivity contribution < 1.29 is 9.59 Å². The van der Waals surface area contributed by atoms with E-state index in [4.69, 9.17) is 11.6 Å². The van der Waals surface area contributed by atoms with Gasteiger partial charge >= 0.3 is 0 Å². The number of carbonyl (C=O) groups excluding carboxylic acids is 2. The summed E-state index contributed by atoms with van der Waals surface area (Å²) in [6.07, 6.45) is 0.302. The van der Waals surface area contributed by atoms with Crippen molar-refractivity contribution in [1.29, 1.82) is 0 Å². The van der Waals surface area contributed by atoms with Crippen LogP contribution in [0.3, 0.4) is 0 Å². The van der Waals surface area contributed by atoms with E-state index in [1.54, 1.807) is 24.3 Å². The predicted octanol–water partition coefficient (Wildman–Crippen LogP) is 3.70. The second kappa shape index (κ2) is 5.33. The first-order chi connectivity index (χ1) is 11.1. The van der Waals surface area contributed by atoms with Gasteiger partial charge in [0, 0.05) is 16.3 Å². The van der Waals surface area contributed by atoms with Crippen LogP contribution in [0, 0.1) is 0 Å². The van der Waals surface area contributed by atoms with Crippen LogP contribution in [0.5, 0.6) is 0 Å². The summed E-state index contributed by atoms with van der Waals surface area (Å²) in [5, 5.41) is 6.68. The molecule has 0 fully saturated rings. The third-order valence-corrected chi connectivity index (χ3v) is 4.73. The number of hydrogen-bond acceptors (Lipinski definition) is 4. The van der Waals surface area contributed by atoms with E-state index in [1.807, 2.05) is 12.1 Å². The number of anilines is 2. The molecule has 0 saturated carbocycles. The van der Waals surface area contributed by atoms with Crippen LogP contribution < -0.4 is 10.6 Å². The summed E-state index contributed by atoms with van der Waals surface area (Å²) in [7, 11) is 0. The molecule has 2 amide bonds. The first-order valence-electron chi connectivity index (χ1n) is 6.89. The van der Waals surface area contributed by atoms with Gasteiger partial charge in [-0.05, 0) is 42.0 Å². The molecule has 2 N–H and O–H groups in total. The second-order valence-corrected chi connectivity index (χ2v) is 6.65. The molecule has 0 unspecified atom stereocenters. The van der Waals surface area contributed by atoms with Gasteiger partial charge in [0.25, 0.3) is 5.91 Å². The van der Waals surface area contributed by atoms with Gasteiger partial charge in [-0.15, -0.1) is 0 Å². The second-order valence-electron chi connectivity index (χ2n) is 5.18. The Morgan fingerprint density at radius 3 is 3.00 bits per heavy atom. The maximum Gasteiger partial charge on any atom is 0.257 e. The average Bonchev–Trinajstić information content (AvgIpc) is 3.07. The van der Waals surface area contributed by atoms with Crippen LogP contribution in [0.1, 0.15) is 15.9 Å². The summed E-state index contributed by atoms with van der Waals surface area (Å²) in [4.78, 5) is 28.1. The zero-order valence-electron chi connectivity index (χ0n) is 11.7. The Hall–Kier alpha value is -2.44. The fourth-order valence-corrected chi connectivity index (χ4v) is 3.63. The van der Waals surface area contributed by atoms with Gasteiger partial charge in [-0.3, -0.25) is 14.9 Å². The Morgan fingerprint density at radius 2 is 2.13 bits per heavy atom. The molecule has 1 aromatic heterocycles. The lowest BCUT2D eigenvalue weighted by molar-refractivity contribution is -0.115. The lowest BCUT2D eigenvalue weighted by Gasteiger charge is -2.04. The Bertz CT molecular complexity index is 967. The predicted molar refractivity (Wildman–Crippen MR) is 91.4 cm³/mol. The highest BCUT2D eigenvalue weighted by atomic mass is 35.5. The van der Waals surface area contributed by atoms with Gasteiger partial charge in [0.05, 0.1) is 16.6 Å². The summed E-state index contributed by atoms with van der Waals surface area (Å²) in [5.41, 5.74) is 2.89. The zero-order valence-corrected chi connectivity index (χ0v) is 13.3. The molecule has 1 aliphatic heterocycles. The van der Waals surface area contributed by atoms with Gasteiger partial charge in [0.2, 0.25) is 5.91 Å². The molecule has 2 heterocycles. The number of thiazole rings is 1. The van der Waals surface area contributed by atoms with Crippen LogP contribution in [0.15, 0.2) is 36.4 Å². The molecule has 0 radical (unpaired) electrons. The fourth-order valence-electron chi connectivity index (χ4n) is 2.49. The number of nitrogens with zero attached hydrogens (tertiary/aromatic N) is 1. The number of fused-ring (bicyclic) bond motifs is 2. The van der Waals surface area contributed by atoms with Gasteiger partial charge in [-0.2, -0.15) is 0 Å².